The lowest BCUT2D eigenvalue weighted by molar-refractivity contribution is 0.0342. The Bertz CT molecular complexity index is 195. The van der Waals surface area contributed by atoms with Crippen LogP contribution in [0, 0.1) is 11.8 Å². The van der Waals surface area contributed by atoms with Gasteiger partial charge in [0, 0.05) is 12.1 Å². The van der Waals surface area contributed by atoms with Crippen molar-refractivity contribution in [1.82, 2.24) is 5.32 Å². The second-order valence-electron chi connectivity index (χ2n) is 5.42. The molecule has 2 fully saturated rings. The molecule has 0 bridgehead atoms. The second-order valence-corrected chi connectivity index (χ2v) is 5.42. The first kappa shape index (κ1) is 10.4. The van der Waals surface area contributed by atoms with Gasteiger partial charge in [-0.3, -0.25) is 0 Å². The van der Waals surface area contributed by atoms with Crippen molar-refractivity contribution < 1.29 is 5.11 Å². The Kier molecular flexibility index (Phi) is 3.13. The van der Waals surface area contributed by atoms with Gasteiger partial charge in [-0.2, -0.15) is 0 Å². The molecule has 0 heterocycles. The largest absolute Gasteiger partial charge is 0.392 e. The van der Waals surface area contributed by atoms with Gasteiger partial charge in [0.1, 0.15) is 0 Å². The van der Waals surface area contributed by atoms with Gasteiger partial charge in [0.2, 0.25) is 0 Å². The van der Waals surface area contributed by atoms with Gasteiger partial charge in [0.15, 0.2) is 0 Å². The van der Waals surface area contributed by atoms with Gasteiger partial charge in [-0.15, -0.1) is 0 Å². The van der Waals surface area contributed by atoms with Crippen molar-refractivity contribution in [3.8, 4) is 0 Å². The zero-order valence-electron chi connectivity index (χ0n) is 9.37. The van der Waals surface area contributed by atoms with Crippen molar-refractivity contribution in [2.75, 3.05) is 0 Å². The predicted octanol–water partition coefficient (Wildman–Crippen LogP) is 1.92. The fourth-order valence-electron chi connectivity index (χ4n) is 2.86. The molecule has 14 heavy (non-hydrogen) atoms. The van der Waals surface area contributed by atoms with E-state index in [0.717, 1.165) is 18.3 Å². The number of hydrogen-bond donors (Lipinski definition) is 2. The monoisotopic (exact) mass is 197 g/mol. The Hall–Kier alpha value is -0.0800. The SMILES string of the molecule is CC1CCC(N[C@@H]2CC[C@H]2O)C(C)C1. The van der Waals surface area contributed by atoms with Crippen LogP contribution in [-0.4, -0.2) is 23.3 Å². The summed E-state index contributed by atoms with van der Waals surface area (Å²) in [5.41, 5.74) is 0. The normalized spacial score (nSPS) is 48.6. The van der Waals surface area contributed by atoms with E-state index >= 15 is 0 Å². The summed E-state index contributed by atoms with van der Waals surface area (Å²) in [5, 5.41) is 13.1. The Balaban J connectivity index is 1.79. The quantitative estimate of drug-likeness (QED) is 0.709. The van der Waals surface area contributed by atoms with Crippen LogP contribution in [0.4, 0.5) is 0 Å². The number of rotatable bonds is 2. The first-order valence-corrected chi connectivity index (χ1v) is 6.11. The van der Waals surface area contributed by atoms with Crippen molar-refractivity contribution in [3.05, 3.63) is 0 Å². The summed E-state index contributed by atoms with van der Waals surface area (Å²) >= 11 is 0. The maximum absolute atomic E-state index is 9.51. The van der Waals surface area contributed by atoms with Crippen molar-refractivity contribution in [2.24, 2.45) is 11.8 Å². The number of aliphatic hydroxyl groups excluding tert-OH is 1. The number of aliphatic hydroxyl groups is 1. The summed E-state index contributed by atoms with van der Waals surface area (Å²) < 4.78 is 0. The molecule has 2 N–H and O–H groups in total. The molecule has 0 spiro atoms. The van der Waals surface area contributed by atoms with Crippen LogP contribution in [0.2, 0.25) is 0 Å². The molecule has 0 saturated heterocycles. The van der Waals surface area contributed by atoms with Crippen molar-refractivity contribution in [2.45, 2.75) is 64.1 Å². The smallest absolute Gasteiger partial charge is 0.0693 e. The lowest BCUT2D eigenvalue weighted by Crippen LogP contribution is -2.54. The molecule has 82 valence electrons. The minimum absolute atomic E-state index is 0.0680. The molecule has 0 aromatic heterocycles. The topological polar surface area (TPSA) is 32.3 Å². The van der Waals surface area contributed by atoms with E-state index in [1.54, 1.807) is 0 Å². The Morgan fingerprint density at radius 2 is 1.71 bits per heavy atom. The highest BCUT2D eigenvalue weighted by atomic mass is 16.3. The second kappa shape index (κ2) is 4.19. The Morgan fingerprint density at radius 3 is 2.21 bits per heavy atom. The molecule has 2 aliphatic rings. The zero-order chi connectivity index (χ0) is 10.1. The maximum Gasteiger partial charge on any atom is 0.0693 e. The third-order valence-electron chi connectivity index (χ3n) is 4.10. The van der Waals surface area contributed by atoms with Gasteiger partial charge in [0.05, 0.1) is 6.10 Å². The minimum Gasteiger partial charge on any atom is -0.392 e. The average Bonchev–Trinajstić information content (AvgIpc) is 2.14. The molecule has 2 rings (SSSR count). The van der Waals surface area contributed by atoms with Crippen LogP contribution in [0.1, 0.15) is 46.0 Å². The summed E-state index contributed by atoms with van der Waals surface area (Å²) in [4.78, 5) is 0. The van der Waals surface area contributed by atoms with E-state index in [0.29, 0.717) is 12.1 Å². The summed E-state index contributed by atoms with van der Waals surface area (Å²) in [6.07, 6.45) is 6.09. The highest BCUT2D eigenvalue weighted by molar-refractivity contribution is 4.91. The van der Waals surface area contributed by atoms with Gasteiger partial charge < -0.3 is 10.4 Å². The average molecular weight is 197 g/mol. The zero-order valence-corrected chi connectivity index (χ0v) is 9.37. The fraction of sp³-hybridized carbons (Fsp3) is 1.00. The van der Waals surface area contributed by atoms with Gasteiger partial charge in [-0.1, -0.05) is 13.8 Å². The first-order chi connectivity index (χ1) is 6.66. The van der Waals surface area contributed by atoms with Crippen LogP contribution in [0.15, 0.2) is 0 Å². The van der Waals surface area contributed by atoms with Crippen molar-refractivity contribution in [3.63, 3.8) is 0 Å². The molecule has 0 radical (unpaired) electrons. The van der Waals surface area contributed by atoms with Gasteiger partial charge in [-0.05, 0) is 43.9 Å². The van der Waals surface area contributed by atoms with E-state index in [9.17, 15) is 5.11 Å². The lowest BCUT2D eigenvalue weighted by atomic mass is 9.78. The highest BCUT2D eigenvalue weighted by Crippen LogP contribution is 2.30. The molecule has 2 nitrogen and oxygen atoms in total. The lowest BCUT2D eigenvalue weighted by Gasteiger charge is -2.41. The van der Waals surface area contributed by atoms with Gasteiger partial charge in [0.25, 0.3) is 0 Å². The van der Waals surface area contributed by atoms with Crippen molar-refractivity contribution >= 4 is 0 Å². The third kappa shape index (κ3) is 2.12. The van der Waals surface area contributed by atoms with Gasteiger partial charge >= 0.3 is 0 Å². The van der Waals surface area contributed by atoms with Crippen LogP contribution >= 0.6 is 0 Å². The minimum atomic E-state index is -0.0680. The van der Waals surface area contributed by atoms with E-state index in [2.05, 4.69) is 19.2 Å². The molecule has 0 aliphatic heterocycles. The Labute approximate surface area is 87.1 Å². The van der Waals surface area contributed by atoms with Crippen LogP contribution in [-0.2, 0) is 0 Å². The fourth-order valence-corrected chi connectivity index (χ4v) is 2.86. The van der Waals surface area contributed by atoms with E-state index in [4.69, 9.17) is 0 Å². The number of nitrogens with one attached hydrogen (secondary N) is 1. The molecule has 3 unspecified atom stereocenters. The van der Waals surface area contributed by atoms with E-state index in [1.165, 1.54) is 25.7 Å². The molecular formula is C12H23NO. The molecule has 5 atom stereocenters. The molecule has 2 aliphatic carbocycles. The van der Waals surface area contributed by atoms with E-state index < -0.39 is 0 Å². The number of hydrogen-bond acceptors (Lipinski definition) is 2. The van der Waals surface area contributed by atoms with E-state index in [-0.39, 0.29) is 6.10 Å². The Morgan fingerprint density at radius 1 is 1.00 bits per heavy atom. The molecular weight excluding hydrogens is 174 g/mol. The van der Waals surface area contributed by atoms with Crippen LogP contribution in [0.3, 0.4) is 0 Å². The van der Waals surface area contributed by atoms with E-state index in [1.807, 2.05) is 0 Å². The predicted molar refractivity (Wildman–Crippen MR) is 58.1 cm³/mol. The summed E-state index contributed by atoms with van der Waals surface area (Å²) in [6, 6.07) is 1.06. The summed E-state index contributed by atoms with van der Waals surface area (Å²) in [7, 11) is 0. The van der Waals surface area contributed by atoms with Gasteiger partial charge in [-0.25, -0.2) is 0 Å². The molecule has 2 saturated carbocycles. The van der Waals surface area contributed by atoms with Crippen LogP contribution < -0.4 is 5.32 Å². The highest BCUT2D eigenvalue weighted by Gasteiger charge is 2.33. The maximum atomic E-state index is 9.51. The first-order valence-electron chi connectivity index (χ1n) is 6.11. The molecule has 0 aromatic carbocycles. The third-order valence-corrected chi connectivity index (χ3v) is 4.10. The molecule has 2 heteroatoms. The van der Waals surface area contributed by atoms with Crippen molar-refractivity contribution in [1.29, 1.82) is 0 Å². The van der Waals surface area contributed by atoms with Crippen LogP contribution in [0.25, 0.3) is 0 Å². The standard InChI is InChI=1S/C12H23NO/c1-8-3-4-10(9(2)7-8)13-11-5-6-12(11)14/h8-14H,3-7H2,1-2H3/t8?,9?,10?,11-,12-/m1/s1. The summed E-state index contributed by atoms with van der Waals surface area (Å²) in [5.74, 6) is 1.68. The van der Waals surface area contributed by atoms with Crippen LogP contribution in [0.5, 0.6) is 0 Å². The summed E-state index contributed by atoms with van der Waals surface area (Å²) in [6.45, 7) is 4.70. The molecule has 0 aromatic rings. The molecule has 0 amide bonds.